The minimum absolute atomic E-state index is 0.0878. The van der Waals surface area contributed by atoms with Gasteiger partial charge >= 0.3 is 0 Å². The minimum atomic E-state index is -0.0878. The van der Waals surface area contributed by atoms with Gasteiger partial charge < -0.3 is 0 Å². The van der Waals surface area contributed by atoms with E-state index < -0.39 is 0 Å². The topological polar surface area (TPSA) is 45.2 Å². The van der Waals surface area contributed by atoms with E-state index in [1.54, 1.807) is 11.3 Å². The summed E-state index contributed by atoms with van der Waals surface area (Å²) in [6.45, 7) is 5.22. The van der Waals surface area contributed by atoms with E-state index in [1.165, 1.54) is 30.8 Å². The predicted molar refractivity (Wildman–Crippen MR) is 85.8 cm³/mol. The second-order valence-corrected chi connectivity index (χ2v) is 6.50. The first-order valence-corrected chi connectivity index (χ1v) is 8.08. The number of aromatic nitrogens is 1. The Hall–Kier alpha value is -1.72. The summed E-state index contributed by atoms with van der Waals surface area (Å²) in [6, 6.07) is 7.59. The SMILES string of the molecule is Cc1ccccc1C(=O)Nc1ncc(CN2CCCC2)s1. The maximum absolute atomic E-state index is 12.2. The largest absolute Gasteiger partial charge is 0.298 e. The molecule has 0 spiro atoms. The molecular formula is C16H19N3OS. The number of nitrogens with zero attached hydrogens (tertiary/aromatic N) is 2. The van der Waals surface area contributed by atoms with Crippen molar-refractivity contribution >= 4 is 22.4 Å². The fourth-order valence-electron chi connectivity index (χ4n) is 2.59. The summed E-state index contributed by atoms with van der Waals surface area (Å²) in [6.07, 6.45) is 4.45. The van der Waals surface area contributed by atoms with Gasteiger partial charge in [-0.25, -0.2) is 4.98 Å². The van der Waals surface area contributed by atoms with E-state index in [0.717, 1.165) is 12.1 Å². The Morgan fingerprint density at radius 2 is 2.10 bits per heavy atom. The molecule has 1 aliphatic heterocycles. The lowest BCUT2D eigenvalue weighted by Gasteiger charge is -2.11. The molecule has 4 nitrogen and oxygen atoms in total. The van der Waals surface area contributed by atoms with Gasteiger partial charge in [-0.3, -0.25) is 15.0 Å². The highest BCUT2D eigenvalue weighted by atomic mass is 32.1. The van der Waals surface area contributed by atoms with Gasteiger partial charge in [0, 0.05) is 23.2 Å². The van der Waals surface area contributed by atoms with Gasteiger partial charge in [0.15, 0.2) is 5.13 Å². The molecule has 1 aromatic carbocycles. The zero-order valence-corrected chi connectivity index (χ0v) is 12.9. The molecule has 0 saturated carbocycles. The molecule has 2 aromatic rings. The van der Waals surface area contributed by atoms with Gasteiger partial charge in [0.1, 0.15) is 0 Å². The Bertz CT molecular complexity index is 632. The van der Waals surface area contributed by atoms with Crippen LogP contribution in [0.3, 0.4) is 0 Å². The number of likely N-dealkylation sites (tertiary alicyclic amines) is 1. The maximum Gasteiger partial charge on any atom is 0.257 e. The first-order valence-electron chi connectivity index (χ1n) is 7.26. The second-order valence-electron chi connectivity index (χ2n) is 5.38. The van der Waals surface area contributed by atoms with Crippen LogP contribution in [0.25, 0.3) is 0 Å². The van der Waals surface area contributed by atoms with Gasteiger partial charge in [-0.05, 0) is 44.5 Å². The molecule has 5 heteroatoms. The van der Waals surface area contributed by atoms with Crippen LogP contribution in [0.4, 0.5) is 5.13 Å². The standard InChI is InChI=1S/C16H19N3OS/c1-12-6-2-3-7-14(12)15(20)18-16-17-10-13(21-16)11-19-8-4-5-9-19/h2-3,6-7,10H,4-5,8-9,11H2,1H3,(H,17,18,20). The number of nitrogens with one attached hydrogen (secondary N) is 1. The van der Waals surface area contributed by atoms with E-state index in [9.17, 15) is 4.79 Å². The van der Waals surface area contributed by atoms with Crippen molar-refractivity contribution < 1.29 is 4.79 Å². The summed E-state index contributed by atoms with van der Waals surface area (Å²) >= 11 is 1.56. The Morgan fingerprint density at radius 1 is 1.33 bits per heavy atom. The Labute approximate surface area is 128 Å². The third-order valence-corrected chi connectivity index (χ3v) is 4.64. The first kappa shape index (κ1) is 14.2. The Morgan fingerprint density at radius 3 is 2.86 bits per heavy atom. The number of carbonyl (C=O) groups is 1. The molecule has 1 fully saturated rings. The number of rotatable bonds is 4. The molecule has 0 radical (unpaired) electrons. The van der Waals surface area contributed by atoms with Crippen LogP contribution in [0.5, 0.6) is 0 Å². The van der Waals surface area contributed by atoms with Gasteiger partial charge in [-0.15, -0.1) is 11.3 Å². The van der Waals surface area contributed by atoms with Gasteiger partial charge in [0.25, 0.3) is 5.91 Å². The summed E-state index contributed by atoms with van der Waals surface area (Å²) in [4.78, 5) is 20.2. The molecule has 0 bridgehead atoms. The predicted octanol–water partition coefficient (Wildman–Crippen LogP) is 3.30. The molecule has 21 heavy (non-hydrogen) atoms. The first-order chi connectivity index (χ1) is 10.2. The molecule has 0 unspecified atom stereocenters. The smallest absolute Gasteiger partial charge is 0.257 e. The van der Waals surface area contributed by atoms with Crippen LogP contribution < -0.4 is 5.32 Å². The van der Waals surface area contributed by atoms with Crippen LogP contribution in [0.1, 0.15) is 33.6 Å². The van der Waals surface area contributed by atoms with Crippen molar-refractivity contribution in [2.45, 2.75) is 26.3 Å². The zero-order valence-electron chi connectivity index (χ0n) is 12.1. The number of anilines is 1. The molecular weight excluding hydrogens is 282 g/mol. The lowest BCUT2D eigenvalue weighted by atomic mass is 10.1. The van der Waals surface area contributed by atoms with E-state index in [0.29, 0.717) is 10.7 Å². The third kappa shape index (κ3) is 3.49. The zero-order chi connectivity index (χ0) is 14.7. The van der Waals surface area contributed by atoms with Crippen molar-refractivity contribution in [2.24, 2.45) is 0 Å². The van der Waals surface area contributed by atoms with E-state index in [1.807, 2.05) is 37.4 Å². The van der Waals surface area contributed by atoms with Crippen molar-refractivity contribution in [3.8, 4) is 0 Å². The highest BCUT2D eigenvalue weighted by Crippen LogP contribution is 2.22. The number of carbonyl (C=O) groups excluding carboxylic acids is 1. The van der Waals surface area contributed by atoms with Gasteiger partial charge in [0.2, 0.25) is 0 Å². The molecule has 1 amide bonds. The van der Waals surface area contributed by atoms with Crippen LogP contribution in [0.15, 0.2) is 30.5 Å². The Balaban J connectivity index is 1.64. The summed E-state index contributed by atoms with van der Waals surface area (Å²) in [7, 11) is 0. The van der Waals surface area contributed by atoms with Crippen LogP contribution in [0.2, 0.25) is 0 Å². The maximum atomic E-state index is 12.2. The monoisotopic (exact) mass is 301 g/mol. The lowest BCUT2D eigenvalue weighted by Crippen LogP contribution is -2.17. The van der Waals surface area contributed by atoms with E-state index in [2.05, 4.69) is 15.2 Å². The molecule has 1 aliphatic rings. The number of hydrogen-bond acceptors (Lipinski definition) is 4. The highest BCUT2D eigenvalue weighted by molar-refractivity contribution is 7.15. The van der Waals surface area contributed by atoms with Crippen LogP contribution >= 0.6 is 11.3 Å². The molecule has 0 atom stereocenters. The van der Waals surface area contributed by atoms with E-state index in [-0.39, 0.29) is 5.91 Å². The molecule has 2 heterocycles. The second kappa shape index (κ2) is 6.37. The average Bonchev–Trinajstić information content (AvgIpc) is 3.12. The lowest BCUT2D eigenvalue weighted by molar-refractivity contribution is 0.102. The highest BCUT2D eigenvalue weighted by Gasteiger charge is 2.15. The normalized spacial score (nSPS) is 15.3. The molecule has 1 aromatic heterocycles. The minimum Gasteiger partial charge on any atom is -0.298 e. The quantitative estimate of drug-likeness (QED) is 0.942. The molecule has 0 aliphatic carbocycles. The van der Waals surface area contributed by atoms with Crippen LogP contribution in [-0.2, 0) is 6.54 Å². The number of hydrogen-bond donors (Lipinski definition) is 1. The number of aryl methyl sites for hydroxylation is 1. The molecule has 1 saturated heterocycles. The fourth-order valence-corrected chi connectivity index (χ4v) is 3.44. The van der Waals surface area contributed by atoms with Gasteiger partial charge in [0.05, 0.1) is 0 Å². The van der Waals surface area contributed by atoms with Crippen LogP contribution in [0, 0.1) is 6.92 Å². The molecule has 3 rings (SSSR count). The van der Waals surface area contributed by atoms with Crippen molar-refractivity contribution in [1.82, 2.24) is 9.88 Å². The van der Waals surface area contributed by atoms with Crippen molar-refractivity contribution in [2.75, 3.05) is 18.4 Å². The summed E-state index contributed by atoms with van der Waals surface area (Å²) in [5, 5.41) is 3.57. The van der Waals surface area contributed by atoms with Crippen molar-refractivity contribution in [3.63, 3.8) is 0 Å². The Kier molecular flexibility index (Phi) is 4.31. The molecule has 1 N–H and O–H groups in total. The van der Waals surface area contributed by atoms with Crippen molar-refractivity contribution in [1.29, 1.82) is 0 Å². The van der Waals surface area contributed by atoms with Gasteiger partial charge in [-0.2, -0.15) is 0 Å². The van der Waals surface area contributed by atoms with E-state index >= 15 is 0 Å². The fraction of sp³-hybridized carbons (Fsp3) is 0.375. The number of amides is 1. The van der Waals surface area contributed by atoms with E-state index in [4.69, 9.17) is 0 Å². The summed E-state index contributed by atoms with van der Waals surface area (Å²) < 4.78 is 0. The van der Waals surface area contributed by atoms with Gasteiger partial charge in [-0.1, -0.05) is 18.2 Å². The summed E-state index contributed by atoms with van der Waals surface area (Å²) in [5.41, 5.74) is 1.68. The third-order valence-electron chi connectivity index (χ3n) is 3.74. The van der Waals surface area contributed by atoms with Crippen molar-refractivity contribution in [3.05, 3.63) is 46.5 Å². The number of benzene rings is 1. The average molecular weight is 301 g/mol. The van der Waals surface area contributed by atoms with Crippen LogP contribution in [-0.4, -0.2) is 28.9 Å². The number of thiazole rings is 1. The molecule has 110 valence electrons. The summed E-state index contributed by atoms with van der Waals surface area (Å²) in [5.74, 6) is -0.0878.